The number of alkyl halides is 3. The number of nitrogens with zero attached hydrogens (tertiary/aromatic N) is 2. The fourth-order valence-corrected chi connectivity index (χ4v) is 1.02. The summed E-state index contributed by atoms with van der Waals surface area (Å²) in [5.74, 6) is 0.440. The highest BCUT2D eigenvalue weighted by Crippen LogP contribution is 2.14. The van der Waals surface area contributed by atoms with Crippen LogP contribution in [-0.4, -0.2) is 35.9 Å². The van der Waals surface area contributed by atoms with Crippen molar-refractivity contribution in [3.05, 3.63) is 17.5 Å². The minimum Gasteiger partial charge on any atom is -0.370 e. The van der Waals surface area contributed by atoms with Crippen LogP contribution in [0.3, 0.4) is 0 Å². The number of hydrogen-bond acceptors (Lipinski definition) is 4. The van der Waals surface area contributed by atoms with E-state index in [0.29, 0.717) is 5.82 Å². The zero-order valence-electron chi connectivity index (χ0n) is 8.09. The summed E-state index contributed by atoms with van der Waals surface area (Å²) in [6.45, 7) is -1.11. The normalized spacial score (nSPS) is 11.5. The van der Waals surface area contributed by atoms with E-state index in [1.165, 1.54) is 12.4 Å². The highest BCUT2D eigenvalue weighted by molar-refractivity contribution is 6.29. The second kappa shape index (κ2) is 5.86. The Hall–Kier alpha value is -1.08. The van der Waals surface area contributed by atoms with Gasteiger partial charge < -0.3 is 10.1 Å². The van der Waals surface area contributed by atoms with Crippen molar-refractivity contribution in [3.63, 3.8) is 0 Å². The fraction of sp³-hybridized carbons (Fsp3) is 0.500. The molecule has 8 heteroatoms. The number of halogens is 4. The van der Waals surface area contributed by atoms with Gasteiger partial charge in [0.1, 0.15) is 23.9 Å². The molecule has 1 aromatic rings. The minimum atomic E-state index is -4.29. The van der Waals surface area contributed by atoms with Gasteiger partial charge in [-0.2, -0.15) is 13.2 Å². The van der Waals surface area contributed by atoms with Gasteiger partial charge in [0.15, 0.2) is 0 Å². The lowest BCUT2D eigenvalue weighted by molar-refractivity contribution is -0.172. The van der Waals surface area contributed by atoms with Crippen LogP contribution in [-0.2, 0) is 4.74 Å². The van der Waals surface area contributed by atoms with Crippen molar-refractivity contribution in [2.45, 2.75) is 6.18 Å². The second-order valence-electron chi connectivity index (χ2n) is 2.82. The molecule has 0 aliphatic heterocycles. The number of hydrogen-bond donors (Lipinski definition) is 1. The summed E-state index contributed by atoms with van der Waals surface area (Å²) in [7, 11) is 0. The van der Waals surface area contributed by atoms with Crippen LogP contribution in [0.25, 0.3) is 0 Å². The minimum absolute atomic E-state index is 0.0683. The van der Waals surface area contributed by atoms with Crippen LogP contribution >= 0.6 is 11.6 Å². The van der Waals surface area contributed by atoms with Crippen molar-refractivity contribution < 1.29 is 17.9 Å². The molecule has 0 bridgehead atoms. The van der Waals surface area contributed by atoms with Crippen molar-refractivity contribution in [2.75, 3.05) is 25.1 Å². The Bertz CT molecular complexity index is 335. The molecule has 0 aromatic carbocycles. The van der Waals surface area contributed by atoms with E-state index in [1.807, 2.05) is 0 Å². The molecule has 1 aromatic heterocycles. The Balaban J connectivity index is 2.17. The summed E-state index contributed by atoms with van der Waals surface area (Å²) in [5, 5.41) is 3.00. The van der Waals surface area contributed by atoms with E-state index in [2.05, 4.69) is 20.0 Å². The van der Waals surface area contributed by atoms with E-state index < -0.39 is 12.8 Å². The molecule has 0 aliphatic carbocycles. The lowest BCUT2D eigenvalue weighted by Crippen LogP contribution is -2.20. The Kier molecular flexibility index (Phi) is 4.75. The molecule has 16 heavy (non-hydrogen) atoms. The molecule has 0 aliphatic rings. The van der Waals surface area contributed by atoms with Crippen molar-refractivity contribution in [3.8, 4) is 0 Å². The lowest BCUT2D eigenvalue weighted by Gasteiger charge is -2.08. The van der Waals surface area contributed by atoms with Crippen LogP contribution in [0, 0.1) is 0 Å². The third-order valence-electron chi connectivity index (χ3n) is 1.45. The number of anilines is 1. The summed E-state index contributed by atoms with van der Waals surface area (Å²) in [6.07, 6.45) is -3.04. The Labute approximate surface area is 94.8 Å². The van der Waals surface area contributed by atoms with Crippen molar-refractivity contribution in [1.29, 1.82) is 0 Å². The van der Waals surface area contributed by atoms with Gasteiger partial charge in [-0.05, 0) is 0 Å². The number of rotatable bonds is 5. The first kappa shape index (κ1) is 13.0. The first-order valence-electron chi connectivity index (χ1n) is 4.33. The molecule has 0 fully saturated rings. The highest BCUT2D eigenvalue weighted by atomic mass is 35.5. The van der Waals surface area contributed by atoms with Crippen molar-refractivity contribution in [2.24, 2.45) is 0 Å². The Morgan fingerprint density at radius 2 is 2.12 bits per heavy atom. The van der Waals surface area contributed by atoms with Crippen LogP contribution in [0.4, 0.5) is 19.0 Å². The zero-order valence-corrected chi connectivity index (χ0v) is 8.85. The largest absolute Gasteiger partial charge is 0.411 e. The number of ether oxygens (including phenoxy) is 1. The van der Waals surface area contributed by atoms with Gasteiger partial charge in [0.2, 0.25) is 0 Å². The van der Waals surface area contributed by atoms with Crippen molar-refractivity contribution in [1.82, 2.24) is 9.97 Å². The third-order valence-corrected chi connectivity index (χ3v) is 1.66. The zero-order chi connectivity index (χ0) is 12.0. The van der Waals surface area contributed by atoms with Gasteiger partial charge in [0, 0.05) is 12.6 Å². The molecular weight excluding hydrogens is 247 g/mol. The van der Waals surface area contributed by atoms with Crippen LogP contribution < -0.4 is 5.32 Å². The SMILES string of the molecule is FC(F)(F)COCCNc1cc(Cl)ncn1. The van der Waals surface area contributed by atoms with Crippen LogP contribution in [0.15, 0.2) is 12.4 Å². The molecule has 1 rings (SSSR count). The van der Waals surface area contributed by atoms with Gasteiger partial charge >= 0.3 is 6.18 Å². The highest BCUT2D eigenvalue weighted by Gasteiger charge is 2.27. The van der Waals surface area contributed by atoms with E-state index >= 15 is 0 Å². The Morgan fingerprint density at radius 3 is 2.75 bits per heavy atom. The third kappa shape index (κ3) is 5.72. The summed E-state index contributed by atoms with van der Waals surface area (Å²) in [5.41, 5.74) is 0. The van der Waals surface area contributed by atoms with E-state index in [4.69, 9.17) is 11.6 Å². The van der Waals surface area contributed by atoms with E-state index in [9.17, 15) is 13.2 Å². The average molecular weight is 256 g/mol. The second-order valence-corrected chi connectivity index (χ2v) is 3.21. The van der Waals surface area contributed by atoms with Crippen LogP contribution in [0.2, 0.25) is 5.15 Å². The maximum atomic E-state index is 11.7. The topological polar surface area (TPSA) is 47.0 Å². The predicted octanol–water partition coefficient (Wildman–Crippen LogP) is 2.12. The predicted molar refractivity (Wildman–Crippen MR) is 52.4 cm³/mol. The van der Waals surface area contributed by atoms with Crippen LogP contribution in [0.1, 0.15) is 0 Å². The van der Waals surface area contributed by atoms with E-state index in [-0.39, 0.29) is 18.3 Å². The molecule has 0 saturated carbocycles. The molecule has 0 saturated heterocycles. The summed E-state index contributed by atoms with van der Waals surface area (Å²) in [6, 6.07) is 1.46. The molecule has 0 atom stereocenters. The van der Waals surface area contributed by atoms with Gasteiger partial charge in [-0.1, -0.05) is 11.6 Å². The molecule has 1 heterocycles. The molecule has 0 radical (unpaired) electrons. The van der Waals surface area contributed by atoms with Gasteiger partial charge in [-0.15, -0.1) is 0 Å². The van der Waals surface area contributed by atoms with E-state index in [1.54, 1.807) is 0 Å². The maximum absolute atomic E-state index is 11.7. The number of nitrogens with one attached hydrogen (secondary N) is 1. The first-order valence-corrected chi connectivity index (χ1v) is 4.71. The van der Waals surface area contributed by atoms with Crippen molar-refractivity contribution >= 4 is 17.4 Å². The lowest BCUT2D eigenvalue weighted by atomic mass is 10.5. The van der Waals surface area contributed by atoms with Crippen LogP contribution in [0.5, 0.6) is 0 Å². The monoisotopic (exact) mass is 255 g/mol. The standard InChI is InChI=1S/C8H9ClF3N3O/c9-6-3-7(15-5-14-6)13-1-2-16-4-8(10,11)12/h3,5H,1-2,4H2,(H,13,14,15). The van der Waals surface area contributed by atoms with Gasteiger partial charge in [-0.3, -0.25) is 0 Å². The summed E-state index contributed by atoms with van der Waals surface area (Å²) in [4.78, 5) is 7.45. The quantitative estimate of drug-likeness (QED) is 0.647. The molecule has 4 nitrogen and oxygen atoms in total. The summed E-state index contributed by atoms with van der Waals surface area (Å²) >= 11 is 5.57. The first-order chi connectivity index (χ1) is 7.47. The number of aromatic nitrogens is 2. The average Bonchev–Trinajstić information content (AvgIpc) is 2.15. The molecular formula is C8H9ClF3N3O. The van der Waals surface area contributed by atoms with Gasteiger partial charge in [0.25, 0.3) is 0 Å². The smallest absolute Gasteiger partial charge is 0.370 e. The molecule has 0 spiro atoms. The summed E-state index contributed by atoms with van der Waals surface area (Å²) < 4.78 is 39.4. The van der Waals surface area contributed by atoms with Gasteiger partial charge in [0.05, 0.1) is 6.61 Å². The maximum Gasteiger partial charge on any atom is 0.411 e. The molecule has 1 N–H and O–H groups in total. The van der Waals surface area contributed by atoms with Gasteiger partial charge in [-0.25, -0.2) is 9.97 Å². The molecule has 0 amide bonds. The molecule has 90 valence electrons. The Morgan fingerprint density at radius 1 is 1.38 bits per heavy atom. The molecule has 0 unspecified atom stereocenters. The van der Waals surface area contributed by atoms with E-state index in [0.717, 1.165) is 0 Å². The fourth-order valence-electron chi connectivity index (χ4n) is 0.869.